The maximum absolute atomic E-state index is 5.83. The van der Waals surface area contributed by atoms with Crippen molar-refractivity contribution >= 4 is 22.7 Å². The van der Waals surface area contributed by atoms with Crippen molar-refractivity contribution in [1.82, 2.24) is 4.98 Å². The van der Waals surface area contributed by atoms with E-state index in [0.717, 1.165) is 47.6 Å². The number of nitrogens with zero attached hydrogens (tertiary/aromatic N) is 2. The molecule has 3 aromatic rings. The molecule has 0 saturated carbocycles. The smallest absolute Gasteiger partial charge is 0.203 e. The van der Waals surface area contributed by atoms with E-state index in [1.165, 1.54) is 11.3 Å². The molecule has 8 heteroatoms. The molecule has 0 fully saturated rings. The maximum Gasteiger partial charge on any atom is 0.203 e. The average Bonchev–Trinajstić information content (AvgIpc) is 3.30. The number of aromatic nitrogens is 1. The summed E-state index contributed by atoms with van der Waals surface area (Å²) in [5.41, 5.74) is 5.57. The fraction of sp³-hybridized carbons (Fsp3) is 0.333. The largest absolute Gasteiger partial charge is 0.497 e. The predicted molar refractivity (Wildman–Crippen MR) is 130 cm³/mol. The minimum atomic E-state index is 0.678. The Morgan fingerprint density at radius 2 is 1.81 bits per heavy atom. The highest BCUT2D eigenvalue weighted by molar-refractivity contribution is 7.14. The van der Waals surface area contributed by atoms with Crippen LogP contribution in [-0.2, 0) is 0 Å². The van der Waals surface area contributed by atoms with Gasteiger partial charge < -0.3 is 18.9 Å². The van der Waals surface area contributed by atoms with Crippen LogP contribution in [0.15, 0.2) is 46.9 Å². The standard InChI is InChI=1S/C24H29N3O4S/c1-5-6-7-12-31-21-11-8-17(13-23(21)30-4)15-25-27-24-26-20(16-32-24)19-10-9-18(28-2)14-22(19)29-3/h8-11,13-16H,5-7,12H2,1-4H3,(H,26,27)/b25-15-. The zero-order valence-electron chi connectivity index (χ0n) is 18.9. The van der Waals surface area contributed by atoms with Crippen LogP contribution in [0.3, 0.4) is 0 Å². The number of anilines is 1. The lowest BCUT2D eigenvalue weighted by molar-refractivity contribution is 0.286. The minimum absolute atomic E-state index is 0.678. The van der Waals surface area contributed by atoms with Crippen molar-refractivity contribution in [2.75, 3.05) is 33.4 Å². The van der Waals surface area contributed by atoms with Gasteiger partial charge in [-0.2, -0.15) is 5.10 Å². The molecule has 2 aromatic carbocycles. The molecule has 0 amide bonds. The summed E-state index contributed by atoms with van der Waals surface area (Å²) in [5.74, 6) is 2.87. The Kier molecular flexibility index (Phi) is 8.74. The first-order chi connectivity index (χ1) is 15.7. The van der Waals surface area contributed by atoms with E-state index in [0.29, 0.717) is 23.2 Å². The first kappa shape index (κ1) is 23.4. The highest BCUT2D eigenvalue weighted by Crippen LogP contribution is 2.35. The van der Waals surface area contributed by atoms with E-state index < -0.39 is 0 Å². The molecule has 0 aliphatic rings. The molecule has 0 aliphatic heterocycles. The number of methoxy groups -OCH3 is 3. The van der Waals surface area contributed by atoms with Crippen molar-refractivity contribution < 1.29 is 18.9 Å². The van der Waals surface area contributed by atoms with E-state index in [1.54, 1.807) is 27.5 Å². The number of hydrogen-bond donors (Lipinski definition) is 1. The van der Waals surface area contributed by atoms with E-state index in [1.807, 2.05) is 41.8 Å². The number of unbranched alkanes of at least 4 members (excludes halogenated alkanes) is 2. The zero-order chi connectivity index (χ0) is 22.8. The van der Waals surface area contributed by atoms with Crippen molar-refractivity contribution in [3.8, 4) is 34.3 Å². The quantitative estimate of drug-likeness (QED) is 0.210. The molecule has 1 aromatic heterocycles. The van der Waals surface area contributed by atoms with Gasteiger partial charge in [0.05, 0.1) is 39.8 Å². The Morgan fingerprint density at radius 1 is 0.969 bits per heavy atom. The van der Waals surface area contributed by atoms with Crippen molar-refractivity contribution in [3.05, 3.63) is 47.3 Å². The molecule has 0 aliphatic carbocycles. The summed E-state index contributed by atoms with van der Waals surface area (Å²) in [5, 5.41) is 6.94. The molecule has 1 heterocycles. The SMILES string of the molecule is CCCCCOc1ccc(/C=N\Nc2nc(-c3ccc(OC)cc3OC)cs2)cc1OC. The minimum Gasteiger partial charge on any atom is -0.497 e. The lowest BCUT2D eigenvalue weighted by Gasteiger charge is -2.11. The van der Waals surface area contributed by atoms with Crippen molar-refractivity contribution in [2.24, 2.45) is 5.10 Å². The summed E-state index contributed by atoms with van der Waals surface area (Å²) in [7, 11) is 4.89. The van der Waals surface area contributed by atoms with Crippen LogP contribution in [0.1, 0.15) is 31.7 Å². The first-order valence-electron chi connectivity index (χ1n) is 10.5. The molecule has 0 saturated heterocycles. The third kappa shape index (κ3) is 6.13. The Balaban J connectivity index is 1.64. The van der Waals surface area contributed by atoms with Crippen LogP contribution in [0.4, 0.5) is 5.13 Å². The summed E-state index contributed by atoms with van der Waals surface area (Å²) in [6, 6.07) is 11.4. The van der Waals surface area contributed by atoms with Gasteiger partial charge in [0.1, 0.15) is 11.5 Å². The van der Waals surface area contributed by atoms with Crippen molar-refractivity contribution in [3.63, 3.8) is 0 Å². The predicted octanol–water partition coefficient (Wildman–Crippen LogP) is 5.85. The topological polar surface area (TPSA) is 74.2 Å². The van der Waals surface area contributed by atoms with Gasteiger partial charge in [-0.15, -0.1) is 11.3 Å². The molecule has 1 N–H and O–H groups in total. The van der Waals surface area contributed by atoms with E-state index in [2.05, 4.69) is 22.4 Å². The van der Waals surface area contributed by atoms with E-state index in [-0.39, 0.29) is 0 Å². The molecule has 0 bridgehead atoms. The van der Waals surface area contributed by atoms with Gasteiger partial charge in [-0.05, 0) is 42.3 Å². The molecular formula is C24H29N3O4S. The molecular weight excluding hydrogens is 426 g/mol. The molecule has 0 spiro atoms. The van der Waals surface area contributed by atoms with Gasteiger partial charge in [0.25, 0.3) is 0 Å². The van der Waals surface area contributed by atoms with Gasteiger partial charge in [0, 0.05) is 17.0 Å². The van der Waals surface area contributed by atoms with Crippen molar-refractivity contribution in [2.45, 2.75) is 26.2 Å². The second kappa shape index (κ2) is 12.0. The number of ether oxygens (including phenoxy) is 4. The fourth-order valence-corrected chi connectivity index (χ4v) is 3.70. The monoisotopic (exact) mass is 455 g/mol. The van der Waals surface area contributed by atoms with Gasteiger partial charge in [-0.3, -0.25) is 5.43 Å². The fourth-order valence-electron chi connectivity index (χ4n) is 3.04. The van der Waals surface area contributed by atoms with Gasteiger partial charge in [0.2, 0.25) is 5.13 Å². The number of hydrazone groups is 1. The number of benzene rings is 2. The van der Waals surface area contributed by atoms with E-state index in [4.69, 9.17) is 18.9 Å². The average molecular weight is 456 g/mol. The second-order valence-corrected chi connectivity index (χ2v) is 7.80. The number of rotatable bonds is 12. The van der Waals surface area contributed by atoms with Crippen LogP contribution in [0.25, 0.3) is 11.3 Å². The van der Waals surface area contributed by atoms with Crippen LogP contribution >= 0.6 is 11.3 Å². The molecule has 3 rings (SSSR count). The lowest BCUT2D eigenvalue weighted by Crippen LogP contribution is -2.00. The molecule has 0 unspecified atom stereocenters. The Labute approximate surface area is 193 Å². The van der Waals surface area contributed by atoms with Crippen LogP contribution in [0.5, 0.6) is 23.0 Å². The molecule has 0 radical (unpaired) electrons. The molecule has 170 valence electrons. The number of hydrogen-bond acceptors (Lipinski definition) is 8. The normalized spacial score (nSPS) is 10.9. The second-order valence-electron chi connectivity index (χ2n) is 6.94. The van der Waals surface area contributed by atoms with Crippen molar-refractivity contribution in [1.29, 1.82) is 0 Å². The molecule has 32 heavy (non-hydrogen) atoms. The number of nitrogens with one attached hydrogen (secondary N) is 1. The lowest BCUT2D eigenvalue weighted by atomic mass is 10.1. The van der Waals surface area contributed by atoms with Gasteiger partial charge in [-0.1, -0.05) is 19.8 Å². The third-order valence-electron chi connectivity index (χ3n) is 4.76. The molecule has 0 atom stereocenters. The van der Waals surface area contributed by atoms with E-state index in [9.17, 15) is 0 Å². The van der Waals surface area contributed by atoms with Crippen LogP contribution in [0.2, 0.25) is 0 Å². The van der Waals surface area contributed by atoms with E-state index >= 15 is 0 Å². The summed E-state index contributed by atoms with van der Waals surface area (Å²) in [4.78, 5) is 4.60. The summed E-state index contributed by atoms with van der Waals surface area (Å²) < 4.78 is 22.0. The van der Waals surface area contributed by atoms with Gasteiger partial charge in [-0.25, -0.2) is 4.98 Å². The summed E-state index contributed by atoms with van der Waals surface area (Å²) in [6.07, 6.45) is 5.07. The summed E-state index contributed by atoms with van der Waals surface area (Å²) >= 11 is 1.46. The van der Waals surface area contributed by atoms with Crippen LogP contribution in [-0.4, -0.2) is 39.1 Å². The zero-order valence-corrected chi connectivity index (χ0v) is 19.7. The van der Waals surface area contributed by atoms with Crippen LogP contribution < -0.4 is 24.4 Å². The molecule has 7 nitrogen and oxygen atoms in total. The highest BCUT2D eigenvalue weighted by Gasteiger charge is 2.11. The Hall–Kier alpha value is -3.26. The summed E-state index contributed by atoms with van der Waals surface area (Å²) in [6.45, 7) is 2.86. The maximum atomic E-state index is 5.83. The third-order valence-corrected chi connectivity index (χ3v) is 5.50. The van der Waals surface area contributed by atoms with Crippen LogP contribution in [0, 0.1) is 0 Å². The highest BCUT2D eigenvalue weighted by atomic mass is 32.1. The number of thiazole rings is 1. The van der Waals surface area contributed by atoms with Gasteiger partial charge in [0.15, 0.2) is 11.5 Å². The Bertz CT molecular complexity index is 1040. The van der Waals surface area contributed by atoms with Gasteiger partial charge >= 0.3 is 0 Å². The first-order valence-corrected chi connectivity index (χ1v) is 11.3. The Morgan fingerprint density at radius 3 is 2.56 bits per heavy atom.